The summed E-state index contributed by atoms with van der Waals surface area (Å²) >= 11 is 1.43. The summed E-state index contributed by atoms with van der Waals surface area (Å²) in [6.07, 6.45) is 0. The van der Waals surface area contributed by atoms with Gasteiger partial charge in [0.05, 0.1) is 5.91 Å². The predicted octanol–water partition coefficient (Wildman–Crippen LogP) is -1.06. The Morgan fingerprint density at radius 3 is 2.56 bits per heavy atom. The van der Waals surface area contributed by atoms with Crippen molar-refractivity contribution in [3.63, 3.8) is 0 Å². The third kappa shape index (κ3) is 2.49. The second-order valence-electron chi connectivity index (χ2n) is 1.34. The monoisotopic (exact) mass is 149 g/mol. The largest absolute Gasteiger partial charge is 1.00 e. The molecule has 0 saturated heterocycles. The van der Waals surface area contributed by atoms with Crippen LogP contribution in [0.15, 0.2) is 16.8 Å². The molecular formula is C5H4NNaOS. The van der Waals surface area contributed by atoms with E-state index in [4.69, 9.17) is 5.73 Å². The summed E-state index contributed by atoms with van der Waals surface area (Å²) in [6.45, 7) is 0. The molecule has 0 aromatic carbocycles. The van der Waals surface area contributed by atoms with Crippen LogP contribution in [0.2, 0.25) is 0 Å². The Kier molecular flexibility index (Phi) is 4.14. The molecule has 0 atom stereocenters. The summed E-state index contributed by atoms with van der Waals surface area (Å²) in [5.41, 5.74) is 7.08. The van der Waals surface area contributed by atoms with Gasteiger partial charge >= 0.3 is 29.6 Å². The van der Waals surface area contributed by atoms with Crippen LogP contribution in [0, 0.1) is 0 Å². The van der Waals surface area contributed by atoms with Crippen molar-refractivity contribution in [1.29, 1.82) is 0 Å². The molecule has 0 bridgehead atoms. The van der Waals surface area contributed by atoms with Crippen molar-refractivity contribution in [3.8, 4) is 0 Å². The van der Waals surface area contributed by atoms with Crippen LogP contribution in [0.25, 0.3) is 5.73 Å². The van der Waals surface area contributed by atoms with E-state index in [2.05, 4.69) is 0 Å². The van der Waals surface area contributed by atoms with Gasteiger partial charge in [0.1, 0.15) is 0 Å². The zero-order valence-electron chi connectivity index (χ0n) is 5.05. The van der Waals surface area contributed by atoms with E-state index in [-0.39, 0.29) is 29.6 Å². The van der Waals surface area contributed by atoms with Crippen molar-refractivity contribution in [3.05, 3.63) is 28.1 Å². The minimum atomic E-state index is -0.605. The quantitative estimate of drug-likeness (QED) is 0.469. The average Bonchev–Trinajstić information content (AvgIpc) is 2.12. The van der Waals surface area contributed by atoms with Crippen LogP contribution in [0.3, 0.4) is 0 Å². The van der Waals surface area contributed by atoms with Crippen LogP contribution in [0.1, 0.15) is 10.4 Å². The first kappa shape index (κ1) is 9.17. The molecule has 1 rings (SSSR count). The molecular weight excluding hydrogens is 145 g/mol. The van der Waals surface area contributed by atoms with Gasteiger partial charge in [-0.2, -0.15) is 11.3 Å². The standard InChI is InChI=1S/C5H5NOS.Na/c6-5(7)4-1-2-8-3-4;/h1-3H,(H2,6,7);/q;+1/p-1. The number of rotatable bonds is 1. The van der Waals surface area contributed by atoms with Gasteiger partial charge in [-0.25, -0.2) is 0 Å². The first-order valence-electron chi connectivity index (χ1n) is 2.09. The number of nitrogens with one attached hydrogen (secondary N) is 1. The molecule has 0 aliphatic carbocycles. The zero-order valence-corrected chi connectivity index (χ0v) is 7.87. The van der Waals surface area contributed by atoms with Crippen LogP contribution in [0.4, 0.5) is 0 Å². The van der Waals surface area contributed by atoms with Gasteiger partial charge in [-0.15, -0.1) is 0 Å². The Morgan fingerprint density at radius 2 is 2.33 bits per heavy atom. The first-order valence-corrected chi connectivity index (χ1v) is 3.03. The van der Waals surface area contributed by atoms with Crippen LogP contribution in [-0.2, 0) is 0 Å². The van der Waals surface area contributed by atoms with Gasteiger partial charge in [-0.3, -0.25) is 0 Å². The molecule has 4 heteroatoms. The van der Waals surface area contributed by atoms with Gasteiger partial charge in [0.2, 0.25) is 0 Å². The van der Waals surface area contributed by atoms with E-state index in [0.717, 1.165) is 0 Å². The van der Waals surface area contributed by atoms with E-state index in [1.165, 1.54) is 11.3 Å². The van der Waals surface area contributed by atoms with E-state index in [1.807, 2.05) is 0 Å². The van der Waals surface area contributed by atoms with Gasteiger partial charge in [0.15, 0.2) is 0 Å². The second kappa shape index (κ2) is 4.06. The smallest absolute Gasteiger partial charge is 0.664 e. The van der Waals surface area contributed by atoms with E-state index in [1.54, 1.807) is 16.8 Å². The average molecular weight is 149 g/mol. The molecule has 0 spiro atoms. The Hall–Kier alpha value is 0.170. The Bertz CT molecular complexity index is 185. The van der Waals surface area contributed by atoms with Crippen molar-refractivity contribution < 1.29 is 34.4 Å². The molecule has 1 aromatic heterocycles. The van der Waals surface area contributed by atoms with Crippen LogP contribution >= 0.6 is 11.3 Å². The number of carbonyl (C=O) groups excluding carboxylic acids is 1. The topological polar surface area (TPSA) is 40.9 Å². The number of carbonyl (C=O) groups is 1. The molecule has 0 radical (unpaired) electrons. The maximum Gasteiger partial charge on any atom is 1.00 e. The summed E-state index contributed by atoms with van der Waals surface area (Å²) in [6, 6.07) is 1.64. The van der Waals surface area contributed by atoms with Gasteiger partial charge in [0, 0.05) is 5.56 Å². The fraction of sp³-hybridized carbons (Fsp3) is 0. The molecule has 9 heavy (non-hydrogen) atoms. The maximum absolute atomic E-state index is 10.2. The van der Waals surface area contributed by atoms with Crippen LogP contribution in [-0.4, -0.2) is 5.91 Å². The van der Waals surface area contributed by atoms with E-state index >= 15 is 0 Å². The van der Waals surface area contributed by atoms with Gasteiger partial charge in [-0.1, -0.05) is 0 Å². The third-order valence-electron chi connectivity index (χ3n) is 0.783. The number of amides is 1. The van der Waals surface area contributed by atoms with Gasteiger partial charge < -0.3 is 10.5 Å². The van der Waals surface area contributed by atoms with Crippen molar-refractivity contribution in [1.82, 2.24) is 0 Å². The van der Waals surface area contributed by atoms with Gasteiger partial charge in [-0.05, 0) is 16.8 Å². The van der Waals surface area contributed by atoms with Crippen molar-refractivity contribution in [2.75, 3.05) is 0 Å². The molecule has 1 N–H and O–H groups in total. The number of thiophene rings is 1. The second-order valence-corrected chi connectivity index (χ2v) is 2.12. The van der Waals surface area contributed by atoms with Crippen molar-refractivity contribution in [2.24, 2.45) is 0 Å². The molecule has 0 unspecified atom stereocenters. The minimum Gasteiger partial charge on any atom is -0.664 e. The maximum atomic E-state index is 10.2. The molecule has 2 nitrogen and oxygen atoms in total. The van der Waals surface area contributed by atoms with Crippen molar-refractivity contribution >= 4 is 17.2 Å². The Balaban J connectivity index is 0.000000640. The van der Waals surface area contributed by atoms with E-state index in [0.29, 0.717) is 5.56 Å². The summed E-state index contributed by atoms with van der Waals surface area (Å²) in [4.78, 5) is 10.2. The molecule has 0 aliphatic heterocycles. The van der Waals surface area contributed by atoms with Crippen LogP contribution in [0.5, 0.6) is 0 Å². The molecule has 0 aliphatic rings. The number of hydrogen-bond donors (Lipinski definition) is 0. The fourth-order valence-electron chi connectivity index (χ4n) is 0.394. The Morgan fingerprint density at radius 1 is 1.67 bits per heavy atom. The Labute approximate surface area is 79.4 Å². The predicted molar refractivity (Wildman–Crippen MR) is 33.0 cm³/mol. The summed E-state index contributed by atoms with van der Waals surface area (Å²) in [5.74, 6) is -0.605. The SMILES string of the molecule is [NH-]C(=O)c1ccsc1.[Na+]. The summed E-state index contributed by atoms with van der Waals surface area (Å²) < 4.78 is 0. The molecule has 1 amide bonds. The molecule has 0 fully saturated rings. The van der Waals surface area contributed by atoms with Crippen LogP contribution < -0.4 is 29.6 Å². The normalized spacial score (nSPS) is 8.00. The van der Waals surface area contributed by atoms with Gasteiger partial charge in [0.25, 0.3) is 0 Å². The fourth-order valence-corrected chi connectivity index (χ4v) is 1.03. The third-order valence-corrected chi connectivity index (χ3v) is 1.47. The van der Waals surface area contributed by atoms with E-state index < -0.39 is 5.91 Å². The first-order chi connectivity index (χ1) is 3.80. The minimum absolute atomic E-state index is 0. The number of hydrogen-bond acceptors (Lipinski definition) is 2. The van der Waals surface area contributed by atoms with Crippen molar-refractivity contribution in [2.45, 2.75) is 0 Å². The molecule has 1 heterocycles. The summed E-state index contributed by atoms with van der Waals surface area (Å²) in [7, 11) is 0. The zero-order chi connectivity index (χ0) is 5.98. The molecule has 0 saturated carbocycles. The summed E-state index contributed by atoms with van der Waals surface area (Å²) in [5, 5.41) is 3.44. The molecule has 42 valence electrons. The molecule has 1 aromatic rings. The van der Waals surface area contributed by atoms with E-state index in [9.17, 15) is 4.79 Å².